The first kappa shape index (κ1) is 16.0. The average molecular weight is 333 g/mol. The largest absolute Gasteiger partial charge is 0.493 e. The van der Waals surface area contributed by atoms with Crippen LogP contribution < -0.4 is 14.2 Å². The van der Waals surface area contributed by atoms with Crippen LogP contribution in [-0.4, -0.2) is 26.7 Å². The molecule has 0 amide bonds. The molecule has 0 aliphatic heterocycles. The summed E-state index contributed by atoms with van der Waals surface area (Å²) < 4.78 is 16.5. The van der Waals surface area contributed by atoms with E-state index in [1.54, 1.807) is 21.3 Å². The maximum absolute atomic E-state index is 6.56. The standard InChI is InChI=1S/C19H21ClO3/c1-21-16-10-9-13(18(22-2)19(16)23-3)17-14(11-15(17)20)12-7-5-4-6-8-12/h4-10,14-15,17H,11H2,1-3H3/t14-,15-,17-/m1/s1. The summed E-state index contributed by atoms with van der Waals surface area (Å²) >= 11 is 6.56. The molecule has 0 heterocycles. The van der Waals surface area contributed by atoms with Crippen molar-refractivity contribution in [3.05, 3.63) is 53.6 Å². The van der Waals surface area contributed by atoms with Crippen LogP contribution in [0.3, 0.4) is 0 Å². The fourth-order valence-corrected chi connectivity index (χ4v) is 3.94. The number of hydrogen-bond acceptors (Lipinski definition) is 3. The molecule has 0 bridgehead atoms. The number of benzene rings is 2. The van der Waals surface area contributed by atoms with Crippen LogP contribution in [0.15, 0.2) is 42.5 Å². The van der Waals surface area contributed by atoms with Crippen molar-refractivity contribution in [2.45, 2.75) is 23.6 Å². The molecule has 122 valence electrons. The Labute approximate surface area is 142 Å². The smallest absolute Gasteiger partial charge is 0.203 e. The quantitative estimate of drug-likeness (QED) is 0.749. The lowest BCUT2D eigenvalue weighted by molar-refractivity contribution is 0.305. The maximum Gasteiger partial charge on any atom is 0.203 e. The van der Waals surface area contributed by atoms with Crippen molar-refractivity contribution >= 4 is 11.6 Å². The maximum atomic E-state index is 6.56. The number of halogens is 1. The van der Waals surface area contributed by atoms with Gasteiger partial charge in [0.1, 0.15) is 0 Å². The summed E-state index contributed by atoms with van der Waals surface area (Å²) in [5, 5.41) is 0.0900. The van der Waals surface area contributed by atoms with Crippen LogP contribution in [0.2, 0.25) is 0 Å². The van der Waals surface area contributed by atoms with Gasteiger partial charge in [-0.05, 0) is 24.0 Å². The fraction of sp³-hybridized carbons (Fsp3) is 0.368. The molecule has 0 radical (unpaired) electrons. The Morgan fingerprint density at radius 1 is 0.870 bits per heavy atom. The van der Waals surface area contributed by atoms with Crippen LogP contribution in [-0.2, 0) is 0 Å². The Morgan fingerprint density at radius 2 is 1.57 bits per heavy atom. The van der Waals surface area contributed by atoms with Gasteiger partial charge in [-0.1, -0.05) is 36.4 Å². The Balaban J connectivity index is 2.03. The lowest BCUT2D eigenvalue weighted by Crippen LogP contribution is -2.34. The van der Waals surface area contributed by atoms with Crippen molar-refractivity contribution in [2.75, 3.05) is 21.3 Å². The summed E-state index contributed by atoms with van der Waals surface area (Å²) in [7, 11) is 4.90. The molecule has 0 saturated heterocycles. The van der Waals surface area contributed by atoms with Gasteiger partial charge in [-0.3, -0.25) is 0 Å². The molecular weight excluding hydrogens is 312 g/mol. The molecule has 1 saturated carbocycles. The number of methoxy groups -OCH3 is 3. The molecule has 1 aliphatic carbocycles. The third-order valence-corrected chi connectivity index (χ3v) is 5.07. The van der Waals surface area contributed by atoms with E-state index in [1.807, 2.05) is 18.2 Å². The summed E-state index contributed by atoms with van der Waals surface area (Å²) in [6, 6.07) is 14.4. The normalized spacial score (nSPS) is 23.0. The van der Waals surface area contributed by atoms with E-state index in [-0.39, 0.29) is 11.3 Å². The zero-order chi connectivity index (χ0) is 16.4. The fourth-order valence-electron chi connectivity index (χ4n) is 3.43. The van der Waals surface area contributed by atoms with Crippen molar-refractivity contribution in [1.82, 2.24) is 0 Å². The lowest BCUT2D eigenvalue weighted by atomic mass is 9.66. The van der Waals surface area contributed by atoms with Gasteiger partial charge in [0, 0.05) is 16.9 Å². The second-order valence-electron chi connectivity index (χ2n) is 5.72. The molecule has 2 aromatic rings. The van der Waals surface area contributed by atoms with Gasteiger partial charge in [0.05, 0.1) is 21.3 Å². The molecule has 3 atom stereocenters. The molecule has 0 unspecified atom stereocenters. The van der Waals surface area contributed by atoms with Gasteiger partial charge in [0.15, 0.2) is 11.5 Å². The van der Waals surface area contributed by atoms with E-state index >= 15 is 0 Å². The molecule has 1 fully saturated rings. The summed E-state index contributed by atoms with van der Waals surface area (Å²) in [6.45, 7) is 0. The Kier molecular flexibility index (Phi) is 4.67. The van der Waals surface area contributed by atoms with Gasteiger partial charge in [0.25, 0.3) is 0 Å². The van der Waals surface area contributed by atoms with E-state index in [0.717, 1.165) is 12.0 Å². The minimum Gasteiger partial charge on any atom is -0.493 e. The van der Waals surface area contributed by atoms with Gasteiger partial charge >= 0.3 is 0 Å². The van der Waals surface area contributed by atoms with Crippen LogP contribution in [0.4, 0.5) is 0 Å². The molecule has 4 heteroatoms. The summed E-state index contributed by atoms with van der Waals surface area (Å²) in [6.07, 6.45) is 0.966. The zero-order valence-corrected chi connectivity index (χ0v) is 14.3. The first-order valence-electron chi connectivity index (χ1n) is 7.69. The minimum absolute atomic E-state index is 0.0900. The van der Waals surface area contributed by atoms with Gasteiger partial charge in [-0.25, -0.2) is 0 Å². The van der Waals surface area contributed by atoms with E-state index in [2.05, 4.69) is 24.3 Å². The van der Waals surface area contributed by atoms with Crippen molar-refractivity contribution < 1.29 is 14.2 Å². The van der Waals surface area contributed by atoms with Crippen molar-refractivity contribution in [3.63, 3.8) is 0 Å². The molecule has 3 nitrogen and oxygen atoms in total. The lowest BCUT2D eigenvalue weighted by Gasteiger charge is -2.42. The first-order chi connectivity index (χ1) is 11.2. The molecule has 0 aromatic heterocycles. The van der Waals surface area contributed by atoms with Gasteiger partial charge in [0.2, 0.25) is 5.75 Å². The molecule has 0 N–H and O–H groups in total. The zero-order valence-electron chi connectivity index (χ0n) is 13.6. The van der Waals surface area contributed by atoms with Crippen LogP contribution in [0, 0.1) is 0 Å². The highest BCUT2D eigenvalue weighted by atomic mass is 35.5. The highest BCUT2D eigenvalue weighted by molar-refractivity contribution is 6.22. The van der Waals surface area contributed by atoms with Crippen LogP contribution in [0.1, 0.15) is 29.4 Å². The highest BCUT2D eigenvalue weighted by Crippen LogP contribution is 2.56. The topological polar surface area (TPSA) is 27.7 Å². The summed E-state index contributed by atoms with van der Waals surface area (Å²) in [4.78, 5) is 0. The predicted molar refractivity (Wildman–Crippen MR) is 92.3 cm³/mol. The summed E-state index contributed by atoms with van der Waals surface area (Å²) in [5.41, 5.74) is 2.39. The first-order valence-corrected chi connectivity index (χ1v) is 8.12. The second-order valence-corrected chi connectivity index (χ2v) is 6.28. The third-order valence-electron chi connectivity index (χ3n) is 4.62. The Bertz CT molecular complexity index is 672. The van der Waals surface area contributed by atoms with Crippen LogP contribution in [0.25, 0.3) is 0 Å². The second kappa shape index (κ2) is 6.71. The van der Waals surface area contributed by atoms with E-state index in [1.165, 1.54) is 5.56 Å². The third kappa shape index (κ3) is 2.74. The van der Waals surface area contributed by atoms with Crippen LogP contribution >= 0.6 is 11.6 Å². The molecule has 23 heavy (non-hydrogen) atoms. The van der Waals surface area contributed by atoms with Gasteiger partial charge < -0.3 is 14.2 Å². The van der Waals surface area contributed by atoms with E-state index in [4.69, 9.17) is 25.8 Å². The van der Waals surface area contributed by atoms with Crippen LogP contribution in [0.5, 0.6) is 17.2 Å². The summed E-state index contributed by atoms with van der Waals surface area (Å²) in [5.74, 6) is 2.59. The van der Waals surface area contributed by atoms with Crippen molar-refractivity contribution in [3.8, 4) is 17.2 Å². The SMILES string of the molecule is COc1ccc([C@H]2[C@H](Cl)C[C@@H]2c2ccccc2)c(OC)c1OC. The van der Waals surface area contributed by atoms with E-state index in [0.29, 0.717) is 23.2 Å². The Hall–Kier alpha value is -1.87. The number of ether oxygens (including phenoxy) is 3. The number of alkyl halides is 1. The average Bonchev–Trinajstić information content (AvgIpc) is 2.59. The Morgan fingerprint density at radius 3 is 2.13 bits per heavy atom. The highest BCUT2D eigenvalue weighted by Gasteiger charge is 2.43. The molecule has 3 rings (SSSR count). The number of rotatable bonds is 5. The molecular formula is C19H21ClO3. The predicted octanol–water partition coefficient (Wildman–Crippen LogP) is 4.59. The number of hydrogen-bond donors (Lipinski definition) is 0. The van der Waals surface area contributed by atoms with E-state index < -0.39 is 0 Å². The van der Waals surface area contributed by atoms with Gasteiger partial charge in [-0.15, -0.1) is 11.6 Å². The monoisotopic (exact) mass is 332 g/mol. The van der Waals surface area contributed by atoms with Crippen molar-refractivity contribution in [1.29, 1.82) is 0 Å². The minimum atomic E-state index is 0.0900. The molecule has 1 aliphatic rings. The molecule has 2 aromatic carbocycles. The van der Waals surface area contributed by atoms with Gasteiger partial charge in [-0.2, -0.15) is 0 Å². The van der Waals surface area contributed by atoms with E-state index in [9.17, 15) is 0 Å². The molecule has 0 spiro atoms. The van der Waals surface area contributed by atoms with Crippen molar-refractivity contribution in [2.24, 2.45) is 0 Å².